The number of nitrogens with one attached hydrogen (secondary N) is 2. The third-order valence-electron chi connectivity index (χ3n) is 2.71. The molecule has 1 aromatic carbocycles. The second-order valence-electron chi connectivity index (χ2n) is 4.03. The van der Waals surface area contributed by atoms with E-state index in [1.807, 2.05) is 0 Å². The van der Waals surface area contributed by atoms with Gasteiger partial charge in [0, 0.05) is 0 Å². The third kappa shape index (κ3) is 3.22. The van der Waals surface area contributed by atoms with Crippen LogP contribution in [-0.2, 0) is 9.59 Å². The van der Waals surface area contributed by atoms with E-state index in [-0.39, 0.29) is 10.7 Å². The van der Waals surface area contributed by atoms with Gasteiger partial charge in [0.25, 0.3) is 11.8 Å². The average molecular weight is 371 g/mol. The molecule has 6 nitrogen and oxygen atoms in total. The molecule has 21 heavy (non-hydrogen) atoms. The van der Waals surface area contributed by atoms with E-state index in [0.29, 0.717) is 21.5 Å². The number of carbonyl (C=O) groups is 2. The second-order valence-corrected chi connectivity index (χ2v) is 5.30. The fourth-order valence-corrected chi connectivity index (χ4v) is 2.60. The average Bonchev–Trinajstić information content (AvgIpc) is 2.42. The highest BCUT2D eigenvalue weighted by atomic mass is 79.9. The Morgan fingerprint density at radius 1 is 1.14 bits per heavy atom. The van der Waals surface area contributed by atoms with Crippen LogP contribution in [0.15, 0.2) is 22.2 Å². The first-order valence-electron chi connectivity index (χ1n) is 5.76. The van der Waals surface area contributed by atoms with Gasteiger partial charge in [-0.15, -0.1) is 0 Å². The number of benzene rings is 1. The molecule has 2 N–H and O–H groups in total. The van der Waals surface area contributed by atoms with Crippen LogP contribution in [0.3, 0.4) is 0 Å². The van der Waals surface area contributed by atoms with E-state index >= 15 is 0 Å². The van der Waals surface area contributed by atoms with Crippen LogP contribution < -0.4 is 20.1 Å². The zero-order chi connectivity index (χ0) is 15.6. The van der Waals surface area contributed by atoms with Crippen molar-refractivity contribution in [2.24, 2.45) is 0 Å². The molecule has 1 saturated heterocycles. The SMILES string of the molecule is COc1cc(C=C2C(=O)NC(=S)NC2=O)cc(Br)c1OC. The number of amides is 2. The Morgan fingerprint density at radius 3 is 2.29 bits per heavy atom. The Morgan fingerprint density at radius 2 is 1.76 bits per heavy atom. The molecule has 1 aromatic rings. The molecular formula is C13H11BrN2O4S. The summed E-state index contributed by atoms with van der Waals surface area (Å²) in [6.07, 6.45) is 1.44. The largest absolute Gasteiger partial charge is 0.493 e. The summed E-state index contributed by atoms with van der Waals surface area (Å²) in [4.78, 5) is 23.6. The van der Waals surface area contributed by atoms with Gasteiger partial charge >= 0.3 is 0 Å². The fourth-order valence-electron chi connectivity index (χ4n) is 1.79. The number of carbonyl (C=O) groups excluding carboxylic acids is 2. The van der Waals surface area contributed by atoms with Crippen LogP contribution in [0.25, 0.3) is 6.08 Å². The molecule has 0 atom stereocenters. The summed E-state index contributed by atoms with van der Waals surface area (Å²) in [6.45, 7) is 0. The van der Waals surface area contributed by atoms with Gasteiger partial charge in [-0.3, -0.25) is 20.2 Å². The highest BCUT2D eigenvalue weighted by Crippen LogP contribution is 2.36. The van der Waals surface area contributed by atoms with Gasteiger partial charge in [0.05, 0.1) is 18.7 Å². The molecule has 0 unspecified atom stereocenters. The Labute approximate surface area is 134 Å². The molecule has 8 heteroatoms. The van der Waals surface area contributed by atoms with E-state index < -0.39 is 11.8 Å². The first-order chi connectivity index (χ1) is 9.96. The lowest BCUT2D eigenvalue weighted by Crippen LogP contribution is -2.51. The molecule has 0 saturated carbocycles. The molecule has 110 valence electrons. The lowest BCUT2D eigenvalue weighted by Gasteiger charge is -2.16. The van der Waals surface area contributed by atoms with E-state index in [0.717, 1.165) is 0 Å². The number of rotatable bonds is 3. The van der Waals surface area contributed by atoms with E-state index in [1.165, 1.54) is 20.3 Å². The molecule has 2 rings (SSSR count). The van der Waals surface area contributed by atoms with Gasteiger partial charge in [-0.25, -0.2) is 0 Å². The Kier molecular flexibility index (Phi) is 4.59. The minimum absolute atomic E-state index is 0.00404. The van der Waals surface area contributed by atoms with Gasteiger partial charge in [-0.1, -0.05) is 0 Å². The summed E-state index contributed by atoms with van der Waals surface area (Å²) in [5.74, 6) is -0.0893. The predicted octanol–water partition coefficient (Wildman–Crippen LogP) is 1.38. The highest BCUT2D eigenvalue weighted by molar-refractivity contribution is 9.10. The number of methoxy groups -OCH3 is 2. The Balaban J connectivity index is 2.45. The molecule has 1 heterocycles. The van der Waals surface area contributed by atoms with Crippen molar-refractivity contribution in [1.29, 1.82) is 0 Å². The number of thiocarbonyl (C=S) groups is 1. The maximum Gasteiger partial charge on any atom is 0.263 e. The molecular weight excluding hydrogens is 360 g/mol. The van der Waals surface area contributed by atoms with Crippen LogP contribution in [0.2, 0.25) is 0 Å². The lowest BCUT2D eigenvalue weighted by molar-refractivity contribution is -0.123. The van der Waals surface area contributed by atoms with Gasteiger partial charge in [0.1, 0.15) is 5.57 Å². The molecule has 0 bridgehead atoms. The zero-order valence-electron chi connectivity index (χ0n) is 11.2. The van der Waals surface area contributed by atoms with Crippen molar-refractivity contribution in [2.75, 3.05) is 14.2 Å². The predicted molar refractivity (Wildman–Crippen MR) is 84.1 cm³/mol. The molecule has 0 spiro atoms. The van der Waals surface area contributed by atoms with Crippen LogP contribution in [-0.4, -0.2) is 31.1 Å². The standard InChI is InChI=1S/C13H11BrN2O4S/c1-19-9-5-6(4-8(14)10(9)20-2)3-7-11(17)15-13(21)16-12(7)18/h3-5H,1-2H3,(H2,15,16,17,18,21). The summed E-state index contributed by atoms with van der Waals surface area (Å²) in [7, 11) is 3.02. The number of halogens is 1. The molecule has 1 fully saturated rings. The van der Waals surface area contributed by atoms with E-state index in [9.17, 15) is 9.59 Å². The highest BCUT2D eigenvalue weighted by Gasteiger charge is 2.25. The Bertz CT molecular complexity index is 650. The molecule has 0 aliphatic carbocycles. The van der Waals surface area contributed by atoms with Crippen molar-refractivity contribution in [3.8, 4) is 11.5 Å². The number of ether oxygens (including phenoxy) is 2. The smallest absolute Gasteiger partial charge is 0.263 e. The summed E-state index contributed by atoms with van der Waals surface area (Å²) in [5, 5.41) is 4.74. The number of hydrogen-bond donors (Lipinski definition) is 2. The van der Waals surface area contributed by atoms with E-state index in [2.05, 4.69) is 26.6 Å². The number of hydrogen-bond acceptors (Lipinski definition) is 5. The van der Waals surface area contributed by atoms with Gasteiger partial charge in [-0.05, 0) is 51.9 Å². The van der Waals surface area contributed by atoms with E-state index in [4.69, 9.17) is 21.7 Å². The molecule has 0 aromatic heterocycles. The molecule has 2 amide bonds. The first-order valence-corrected chi connectivity index (χ1v) is 6.96. The normalized spacial score (nSPS) is 14.4. The molecule has 0 radical (unpaired) electrons. The minimum Gasteiger partial charge on any atom is -0.493 e. The maximum absolute atomic E-state index is 11.8. The second kappa shape index (κ2) is 6.23. The van der Waals surface area contributed by atoms with Crippen molar-refractivity contribution < 1.29 is 19.1 Å². The first kappa shape index (κ1) is 15.5. The van der Waals surface area contributed by atoms with Crippen LogP contribution in [0.5, 0.6) is 11.5 Å². The quantitative estimate of drug-likeness (QED) is 0.477. The monoisotopic (exact) mass is 370 g/mol. The third-order valence-corrected chi connectivity index (χ3v) is 3.50. The van der Waals surface area contributed by atoms with Gasteiger partial charge in [-0.2, -0.15) is 0 Å². The fraction of sp³-hybridized carbons (Fsp3) is 0.154. The van der Waals surface area contributed by atoms with Gasteiger partial charge < -0.3 is 9.47 Å². The van der Waals surface area contributed by atoms with Crippen LogP contribution in [0.1, 0.15) is 5.56 Å². The van der Waals surface area contributed by atoms with Crippen molar-refractivity contribution in [3.05, 3.63) is 27.7 Å². The lowest BCUT2D eigenvalue weighted by atomic mass is 10.1. The minimum atomic E-state index is -0.547. The topological polar surface area (TPSA) is 76.7 Å². The van der Waals surface area contributed by atoms with Crippen LogP contribution >= 0.6 is 28.1 Å². The van der Waals surface area contributed by atoms with E-state index in [1.54, 1.807) is 12.1 Å². The maximum atomic E-state index is 11.8. The van der Waals surface area contributed by atoms with Gasteiger partial charge in [0.15, 0.2) is 16.6 Å². The zero-order valence-corrected chi connectivity index (χ0v) is 13.6. The van der Waals surface area contributed by atoms with Crippen molar-refractivity contribution in [2.45, 2.75) is 0 Å². The Hall–Kier alpha value is -1.93. The van der Waals surface area contributed by atoms with Crippen molar-refractivity contribution in [1.82, 2.24) is 10.6 Å². The van der Waals surface area contributed by atoms with Crippen LogP contribution in [0.4, 0.5) is 0 Å². The van der Waals surface area contributed by atoms with Crippen molar-refractivity contribution >= 4 is 51.2 Å². The van der Waals surface area contributed by atoms with Crippen LogP contribution in [0, 0.1) is 0 Å². The molecule has 1 aliphatic rings. The van der Waals surface area contributed by atoms with Crippen molar-refractivity contribution in [3.63, 3.8) is 0 Å². The molecule has 1 aliphatic heterocycles. The summed E-state index contributed by atoms with van der Waals surface area (Å²) in [6, 6.07) is 3.37. The van der Waals surface area contributed by atoms with Gasteiger partial charge in [0.2, 0.25) is 0 Å². The summed E-state index contributed by atoms with van der Waals surface area (Å²) >= 11 is 8.08. The summed E-state index contributed by atoms with van der Waals surface area (Å²) in [5.41, 5.74) is 0.565. The summed E-state index contributed by atoms with van der Waals surface area (Å²) < 4.78 is 11.1.